The van der Waals surface area contributed by atoms with Gasteiger partial charge in [-0.1, -0.05) is 0 Å². The predicted molar refractivity (Wildman–Crippen MR) is 77.1 cm³/mol. The standard InChI is InChI=1S/C15H16F3N3/c16-15(17,18)10-4-7-21(8-5-10)14-2-1-13(19)12-9-20-6-3-11(12)14/h1-3,6,9-10H,4-5,7-8,19H2. The van der Waals surface area contributed by atoms with Crippen molar-refractivity contribution in [2.45, 2.75) is 19.0 Å². The largest absolute Gasteiger partial charge is 0.398 e. The molecule has 2 heterocycles. The topological polar surface area (TPSA) is 42.1 Å². The zero-order valence-corrected chi connectivity index (χ0v) is 11.4. The van der Waals surface area contributed by atoms with Crippen LogP contribution in [0.5, 0.6) is 0 Å². The van der Waals surface area contributed by atoms with Gasteiger partial charge in [0.1, 0.15) is 0 Å². The van der Waals surface area contributed by atoms with E-state index in [0.717, 1.165) is 16.5 Å². The van der Waals surface area contributed by atoms with E-state index in [-0.39, 0.29) is 12.8 Å². The van der Waals surface area contributed by atoms with Crippen molar-refractivity contribution in [3.63, 3.8) is 0 Å². The van der Waals surface area contributed by atoms with Gasteiger partial charge < -0.3 is 10.6 Å². The van der Waals surface area contributed by atoms with Crippen LogP contribution in [-0.2, 0) is 0 Å². The molecule has 1 aliphatic rings. The van der Waals surface area contributed by atoms with Gasteiger partial charge in [0, 0.05) is 47.6 Å². The van der Waals surface area contributed by atoms with Gasteiger partial charge in [0.25, 0.3) is 0 Å². The average Bonchev–Trinajstić information content (AvgIpc) is 2.47. The van der Waals surface area contributed by atoms with Crippen molar-refractivity contribution < 1.29 is 13.2 Å². The summed E-state index contributed by atoms with van der Waals surface area (Å²) in [5.41, 5.74) is 7.49. The number of nitrogens with two attached hydrogens (primary N) is 1. The predicted octanol–water partition coefficient (Wildman–Crippen LogP) is 3.60. The van der Waals surface area contributed by atoms with Gasteiger partial charge in [-0.2, -0.15) is 13.2 Å². The summed E-state index contributed by atoms with van der Waals surface area (Å²) in [5, 5.41) is 1.78. The van der Waals surface area contributed by atoms with Gasteiger partial charge in [0.15, 0.2) is 0 Å². The van der Waals surface area contributed by atoms with Gasteiger partial charge in [-0.05, 0) is 31.0 Å². The van der Waals surface area contributed by atoms with Crippen molar-refractivity contribution in [3.05, 3.63) is 30.6 Å². The fourth-order valence-corrected chi connectivity index (χ4v) is 2.92. The van der Waals surface area contributed by atoms with Crippen LogP contribution in [0.3, 0.4) is 0 Å². The van der Waals surface area contributed by atoms with E-state index in [4.69, 9.17) is 5.73 Å². The summed E-state index contributed by atoms with van der Waals surface area (Å²) >= 11 is 0. The second-order valence-corrected chi connectivity index (χ2v) is 5.40. The Hall–Kier alpha value is -1.98. The highest BCUT2D eigenvalue weighted by molar-refractivity contribution is 6.00. The molecule has 21 heavy (non-hydrogen) atoms. The zero-order chi connectivity index (χ0) is 15.0. The first kappa shape index (κ1) is 14.0. The molecule has 1 saturated heterocycles. The van der Waals surface area contributed by atoms with Gasteiger partial charge in [-0.3, -0.25) is 4.98 Å². The van der Waals surface area contributed by atoms with Crippen molar-refractivity contribution in [2.75, 3.05) is 23.7 Å². The maximum atomic E-state index is 12.7. The molecule has 0 aliphatic carbocycles. The lowest BCUT2D eigenvalue weighted by molar-refractivity contribution is -0.179. The summed E-state index contributed by atoms with van der Waals surface area (Å²) in [6.07, 6.45) is -0.440. The Kier molecular flexibility index (Phi) is 3.39. The molecule has 2 N–H and O–H groups in total. The first-order chi connectivity index (χ1) is 9.97. The Bertz CT molecular complexity index is 646. The van der Waals surface area contributed by atoms with Crippen LogP contribution >= 0.6 is 0 Å². The SMILES string of the molecule is Nc1ccc(N2CCC(C(F)(F)F)CC2)c2ccncc12. The monoisotopic (exact) mass is 295 g/mol. The van der Waals surface area contributed by atoms with Gasteiger partial charge in [-0.25, -0.2) is 0 Å². The number of anilines is 2. The smallest absolute Gasteiger partial charge is 0.391 e. The first-order valence-electron chi connectivity index (χ1n) is 6.90. The minimum absolute atomic E-state index is 0.139. The van der Waals surface area contributed by atoms with Crippen LogP contribution in [-0.4, -0.2) is 24.2 Å². The number of nitrogen functional groups attached to an aromatic ring is 1. The number of halogens is 3. The number of pyridine rings is 1. The molecule has 1 aromatic carbocycles. The zero-order valence-electron chi connectivity index (χ0n) is 11.4. The normalized spacial score (nSPS) is 17.4. The molecule has 1 aliphatic heterocycles. The second-order valence-electron chi connectivity index (χ2n) is 5.40. The fraction of sp³-hybridized carbons (Fsp3) is 0.400. The first-order valence-corrected chi connectivity index (χ1v) is 6.90. The summed E-state index contributed by atoms with van der Waals surface area (Å²) in [6.45, 7) is 0.817. The molecule has 3 rings (SSSR count). The van der Waals surface area contributed by atoms with E-state index in [0.29, 0.717) is 18.8 Å². The van der Waals surface area contributed by atoms with Crippen molar-refractivity contribution in [1.82, 2.24) is 4.98 Å². The van der Waals surface area contributed by atoms with E-state index in [9.17, 15) is 13.2 Å². The van der Waals surface area contributed by atoms with Crippen LogP contribution in [0.15, 0.2) is 30.6 Å². The number of nitrogens with zero attached hydrogens (tertiary/aromatic N) is 2. The summed E-state index contributed by atoms with van der Waals surface area (Å²) < 4.78 is 38.2. The molecule has 0 unspecified atom stereocenters. The molecule has 2 aromatic rings. The summed E-state index contributed by atoms with van der Waals surface area (Å²) in [4.78, 5) is 6.06. The van der Waals surface area contributed by atoms with E-state index in [1.165, 1.54) is 0 Å². The fourth-order valence-electron chi connectivity index (χ4n) is 2.92. The van der Waals surface area contributed by atoms with Crippen molar-refractivity contribution in [2.24, 2.45) is 5.92 Å². The van der Waals surface area contributed by atoms with Crippen molar-refractivity contribution in [1.29, 1.82) is 0 Å². The molecule has 0 atom stereocenters. The van der Waals surface area contributed by atoms with E-state index in [1.807, 2.05) is 17.0 Å². The molecule has 1 aromatic heterocycles. The third-order valence-electron chi connectivity index (χ3n) is 4.13. The molecule has 1 fully saturated rings. The number of hydrogen-bond donors (Lipinski definition) is 1. The Labute approximate surface area is 120 Å². The molecule has 0 bridgehead atoms. The highest BCUT2D eigenvalue weighted by Gasteiger charge is 2.41. The number of aromatic nitrogens is 1. The minimum Gasteiger partial charge on any atom is -0.398 e. The molecule has 112 valence electrons. The van der Waals surface area contributed by atoms with Crippen molar-refractivity contribution >= 4 is 22.1 Å². The van der Waals surface area contributed by atoms with Crippen LogP contribution in [0.4, 0.5) is 24.5 Å². The Morgan fingerprint density at radius 1 is 1.10 bits per heavy atom. The van der Waals surface area contributed by atoms with Gasteiger partial charge >= 0.3 is 6.18 Å². The summed E-state index contributed by atoms with van der Waals surface area (Å²) in [6, 6.07) is 5.53. The van der Waals surface area contributed by atoms with E-state index in [1.54, 1.807) is 18.5 Å². The van der Waals surface area contributed by atoms with E-state index >= 15 is 0 Å². The van der Waals surface area contributed by atoms with Crippen LogP contribution in [0.2, 0.25) is 0 Å². The second kappa shape index (κ2) is 5.09. The van der Waals surface area contributed by atoms with Gasteiger partial charge in [0.05, 0.1) is 5.92 Å². The minimum atomic E-state index is -4.08. The third kappa shape index (κ3) is 2.62. The molecule has 6 heteroatoms. The van der Waals surface area contributed by atoms with Gasteiger partial charge in [-0.15, -0.1) is 0 Å². The number of alkyl halides is 3. The molecule has 0 spiro atoms. The van der Waals surface area contributed by atoms with Crippen LogP contribution in [0, 0.1) is 5.92 Å². The molecule has 3 nitrogen and oxygen atoms in total. The molecular formula is C15H16F3N3. The average molecular weight is 295 g/mol. The number of piperidine rings is 1. The van der Waals surface area contributed by atoms with E-state index in [2.05, 4.69) is 4.98 Å². The summed E-state index contributed by atoms with van der Waals surface area (Å²) in [5.74, 6) is -1.18. The maximum absolute atomic E-state index is 12.7. The summed E-state index contributed by atoms with van der Waals surface area (Å²) in [7, 11) is 0. The maximum Gasteiger partial charge on any atom is 0.391 e. The van der Waals surface area contributed by atoms with Crippen LogP contribution in [0.1, 0.15) is 12.8 Å². The number of rotatable bonds is 1. The third-order valence-corrected chi connectivity index (χ3v) is 4.13. The van der Waals surface area contributed by atoms with Crippen LogP contribution in [0.25, 0.3) is 10.8 Å². The number of fused-ring (bicyclic) bond motifs is 1. The number of benzene rings is 1. The van der Waals surface area contributed by atoms with Crippen molar-refractivity contribution in [3.8, 4) is 0 Å². The Balaban J connectivity index is 1.88. The molecular weight excluding hydrogens is 279 g/mol. The number of hydrogen-bond acceptors (Lipinski definition) is 3. The molecule has 0 radical (unpaired) electrons. The Morgan fingerprint density at radius 3 is 2.48 bits per heavy atom. The quantitative estimate of drug-likeness (QED) is 0.817. The molecule has 0 amide bonds. The molecule has 0 saturated carbocycles. The van der Waals surface area contributed by atoms with Crippen LogP contribution < -0.4 is 10.6 Å². The Morgan fingerprint density at radius 2 is 1.81 bits per heavy atom. The highest BCUT2D eigenvalue weighted by atomic mass is 19.4. The lowest BCUT2D eigenvalue weighted by atomic mass is 9.95. The van der Waals surface area contributed by atoms with Gasteiger partial charge in [0.2, 0.25) is 0 Å². The lowest BCUT2D eigenvalue weighted by Crippen LogP contribution is -2.39. The van der Waals surface area contributed by atoms with E-state index < -0.39 is 12.1 Å². The highest BCUT2D eigenvalue weighted by Crippen LogP contribution is 2.37. The lowest BCUT2D eigenvalue weighted by Gasteiger charge is -2.35.